The van der Waals surface area contributed by atoms with E-state index in [9.17, 15) is 4.79 Å². The van der Waals surface area contributed by atoms with Gasteiger partial charge in [-0.25, -0.2) is 0 Å². The number of rotatable bonds is 2. The molecule has 0 radical (unpaired) electrons. The standard InChI is InChI=1S/C9H5Cl2NO2/c10-5-1-6(11)9-7(2-5)12-3-8(9)14-4-13/h1-4,12H. The number of fused-ring (bicyclic) bond motifs is 1. The molecule has 0 atom stereocenters. The SMILES string of the molecule is O=COc1c[nH]c2cc(Cl)cc(Cl)c12. The van der Waals surface area contributed by atoms with Crippen LogP contribution in [-0.4, -0.2) is 11.5 Å². The molecular weight excluding hydrogens is 225 g/mol. The van der Waals surface area contributed by atoms with Crippen molar-refractivity contribution >= 4 is 40.6 Å². The van der Waals surface area contributed by atoms with Gasteiger partial charge in [0.15, 0.2) is 5.75 Å². The Morgan fingerprint density at radius 2 is 2.14 bits per heavy atom. The van der Waals surface area contributed by atoms with E-state index in [1.54, 1.807) is 18.3 Å². The highest BCUT2D eigenvalue weighted by molar-refractivity contribution is 6.39. The molecule has 5 heteroatoms. The predicted molar refractivity (Wildman–Crippen MR) is 55.0 cm³/mol. The zero-order valence-corrected chi connectivity index (χ0v) is 8.39. The van der Waals surface area contributed by atoms with Gasteiger partial charge >= 0.3 is 0 Å². The Morgan fingerprint density at radius 1 is 1.36 bits per heavy atom. The molecule has 2 aromatic rings. The van der Waals surface area contributed by atoms with Gasteiger partial charge < -0.3 is 9.72 Å². The van der Waals surface area contributed by atoms with Crippen LogP contribution in [-0.2, 0) is 4.79 Å². The van der Waals surface area contributed by atoms with Gasteiger partial charge in [-0.3, -0.25) is 4.79 Å². The van der Waals surface area contributed by atoms with Gasteiger partial charge in [-0.1, -0.05) is 23.2 Å². The highest BCUT2D eigenvalue weighted by atomic mass is 35.5. The molecule has 0 aliphatic heterocycles. The van der Waals surface area contributed by atoms with Crippen LogP contribution in [0.5, 0.6) is 5.75 Å². The van der Waals surface area contributed by atoms with Gasteiger partial charge in [0.05, 0.1) is 15.9 Å². The van der Waals surface area contributed by atoms with Gasteiger partial charge in [-0.2, -0.15) is 0 Å². The molecule has 0 bridgehead atoms. The van der Waals surface area contributed by atoms with Crippen molar-refractivity contribution in [2.24, 2.45) is 0 Å². The van der Waals surface area contributed by atoms with Crippen molar-refractivity contribution < 1.29 is 9.53 Å². The molecule has 72 valence electrons. The number of nitrogens with one attached hydrogen (secondary N) is 1. The number of aromatic nitrogens is 1. The summed E-state index contributed by atoms with van der Waals surface area (Å²) in [5, 5.41) is 1.63. The molecule has 1 heterocycles. The van der Waals surface area contributed by atoms with Crippen LogP contribution >= 0.6 is 23.2 Å². The lowest BCUT2D eigenvalue weighted by atomic mass is 10.2. The third-order valence-electron chi connectivity index (χ3n) is 1.84. The molecular formula is C9H5Cl2NO2. The first-order valence-electron chi connectivity index (χ1n) is 3.79. The molecule has 2 rings (SSSR count). The lowest BCUT2D eigenvalue weighted by Gasteiger charge is -1.98. The number of carbonyl (C=O) groups is 1. The second kappa shape index (κ2) is 3.52. The van der Waals surface area contributed by atoms with E-state index < -0.39 is 0 Å². The summed E-state index contributed by atoms with van der Waals surface area (Å²) in [5.74, 6) is 0.400. The largest absolute Gasteiger partial charge is 0.426 e. The van der Waals surface area contributed by atoms with Gasteiger partial charge in [0.25, 0.3) is 6.47 Å². The number of ether oxygens (including phenoxy) is 1. The third kappa shape index (κ3) is 1.45. The number of aromatic amines is 1. The van der Waals surface area contributed by atoms with Crippen LogP contribution < -0.4 is 4.74 Å². The van der Waals surface area contributed by atoms with Gasteiger partial charge in [-0.15, -0.1) is 0 Å². The zero-order chi connectivity index (χ0) is 10.1. The van der Waals surface area contributed by atoms with Crippen LogP contribution in [0.15, 0.2) is 18.3 Å². The van der Waals surface area contributed by atoms with Crippen LogP contribution in [0.2, 0.25) is 10.0 Å². The first-order chi connectivity index (χ1) is 6.72. The lowest BCUT2D eigenvalue weighted by Crippen LogP contribution is -1.86. The maximum Gasteiger partial charge on any atom is 0.298 e. The summed E-state index contributed by atoms with van der Waals surface area (Å²) in [6.07, 6.45) is 1.56. The fourth-order valence-electron chi connectivity index (χ4n) is 1.30. The molecule has 0 unspecified atom stereocenters. The monoisotopic (exact) mass is 229 g/mol. The van der Waals surface area contributed by atoms with Crippen molar-refractivity contribution in [1.29, 1.82) is 0 Å². The summed E-state index contributed by atoms with van der Waals surface area (Å²) in [5.41, 5.74) is 0.736. The molecule has 1 N–H and O–H groups in total. The summed E-state index contributed by atoms with van der Waals surface area (Å²) in [7, 11) is 0. The molecule has 14 heavy (non-hydrogen) atoms. The minimum atomic E-state index is 0.355. The first kappa shape index (κ1) is 9.37. The molecule has 0 spiro atoms. The average Bonchev–Trinajstić information content (AvgIpc) is 2.49. The summed E-state index contributed by atoms with van der Waals surface area (Å²) < 4.78 is 4.74. The topological polar surface area (TPSA) is 42.1 Å². The highest BCUT2D eigenvalue weighted by Gasteiger charge is 2.09. The molecule has 0 aliphatic carbocycles. The normalized spacial score (nSPS) is 10.4. The van der Waals surface area contributed by atoms with Crippen LogP contribution in [0.1, 0.15) is 0 Å². The zero-order valence-electron chi connectivity index (χ0n) is 6.88. The summed E-state index contributed by atoms with van der Waals surface area (Å²) in [4.78, 5) is 13.1. The number of carbonyl (C=O) groups excluding carboxylic acids is 1. The Bertz CT molecular complexity index is 493. The summed E-state index contributed by atoms with van der Waals surface area (Å²) >= 11 is 11.7. The molecule has 1 aromatic heterocycles. The summed E-state index contributed by atoms with van der Waals surface area (Å²) in [6.45, 7) is 0.355. The second-order valence-electron chi connectivity index (χ2n) is 2.68. The average molecular weight is 230 g/mol. The summed E-state index contributed by atoms with van der Waals surface area (Å²) in [6, 6.07) is 3.30. The second-order valence-corrected chi connectivity index (χ2v) is 3.52. The van der Waals surface area contributed by atoms with E-state index in [1.165, 1.54) is 0 Å². The Kier molecular flexibility index (Phi) is 2.35. The molecule has 0 aliphatic rings. The van der Waals surface area contributed by atoms with Gasteiger partial charge in [-0.05, 0) is 12.1 Å². The van der Waals surface area contributed by atoms with Crippen LogP contribution in [0.25, 0.3) is 10.9 Å². The highest BCUT2D eigenvalue weighted by Crippen LogP contribution is 2.34. The van der Waals surface area contributed by atoms with E-state index >= 15 is 0 Å². The smallest absolute Gasteiger partial charge is 0.298 e. The molecule has 0 saturated heterocycles. The van der Waals surface area contributed by atoms with Crippen molar-refractivity contribution in [3.63, 3.8) is 0 Å². The van der Waals surface area contributed by atoms with Crippen LogP contribution in [0, 0.1) is 0 Å². The Labute approximate surface area is 89.6 Å². The van der Waals surface area contributed by atoms with E-state index in [0.717, 1.165) is 5.52 Å². The van der Waals surface area contributed by atoms with Gasteiger partial charge in [0, 0.05) is 11.2 Å². The molecule has 3 nitrogen and oxygen atoms in total. The third-order valence-corrected chi connectivity index (χ3v) is 2.35. The number of H-pyrrole nitrogens is 1. The van der Waals surface area contributed by atoms with Crippen LogP contribution in [0.3, 0.4) is 0 Å². The minimum Gasteiger partial charge on any atom is -0.426 e. The van der Waals surface area contributed by atoms with Crippen LogP contribution in [0.4, 0.5) is 0 Å². The maximum absolute atomic E-state index is 10.2. The van der Waals surface area contributed by atoms with Crippen molar-refractivity contribution in [2.45, 2.75) is 0 Å². The molecule has 0 saturated carbocycles. The number of hydrogen-bond donors (Lipinski definition) is 1. The minimum absolute atomic E-state index is 0.355. The molecule has 0 fully saturated rings. The van der Waals surface area contributed by atoms with E-state index in [2.05, 4.69) is 4.98 Å². The van der Waals surface area contributed by atoms with Gasteiger partial charge in [0.2, 0.25) is 0 Å². The van der Waals surface area contributed by atoms with Gasteiger partial charge in [0.1, 0.15) is 0 Å². The number of benzene rings is 1. The molecule has 1 aromatic carbocycles. The van der Waals surface area contributed by atoms with Crippen molar-refractivity contribution in [3.05, 3.63) is 28.4 Å². The maximum atomic E-state index is 10.2. The number of halogens is 2. The Hall–Kier alpha value is -1.19. The van der Waals surface area contributed by atoms with Crippen molar-refractivity contribution in [1.82, 2.24) is 4.98 Å². The van der Waals surface area contributed by atoms with Crippen molar-refractivity contribution in [3.8, 4) is 5.75 Å². The Balaban J connectivity index is 2.72. The fourth-order valence-corrected chi connectivity index (χ4v) is 1.88. The van der Waals surface area contributed by atoms with E-state index in [1.807, 2.05) is 0 Å². The van der Waals surface area contributed by atoms with E-state index in [4.69, 9.17) is 27.9 Å². The first-order valence-corrected chi connectivity index (χ1v) is 4.54. The van der Waals surface area contributed by atoms with Crippen molar-refractivity contribution in [2.75, 3.05) is 0 Å². The van der Waals surface area contributed by atoms with E-state index in [-0.39, 0.29) is 0 Å². The Morgan fingerprint density at radius 3 is 2.86 bits per heavy atom. The fraction of sp³-hybridized carbons (Fsp3) is 0. The molecule has 0 amide bonds. The number of hydrogen-bond acceptors (Lipinski definition) is 2. The predicted octanol–water partition coefficient (Wildman–Crippen LogP) is 3.01. The quantitative estimate of drug-likeness (QED) is 0.805. The lowest BCUT2D eigenvalue weighted by molar-refractivity contribution is -0.120. The van der Waals surface area contributed by atoms with E-state index in [0.29, 0.717) is 27.7 Å².